The highest BCUT2D eigenvalue weighted by Crippen LogP contribution is 2.15. The average Bonchev–Trinajstić information content (AvgIpc) is 2.53. The van der Waals surface area contributed by atoms with Crippen molar-refractivity contribution in [1.29, 1.82) is 0 Å². The number of carbonyl (C=O) groups is 1. The van der Waals surface area contributed by atoms with Crippen molar-refractivity contribution in [2.45, 2.75) is 6.04 Å². The third-order valence-corrected chi connectivity index (χ3v) is 3.04. The monoisotopic (exact) mass is 271 g/mol. The maximum atomic E-state index is 12.1. The molecule has 0 bridgehead atoms. The summed E-state index contributed by atoms with van der Waals surface area (Å²) in [5, 5.41) is 12.2. The number of aliphatic hydroxyl groups excluding tert-OH is 1. The second-order valence-corrected chi connectivity index (χ2v) is 4.35. The SMILES string of the molecule is COc1ccc(C(=O)NC(CO)c2ccccc2)cc1. The fraction of sp³-hybridized carbons (Fsp3) is 0.188. The van der Waals surface area contributed by atoms with Gasteiger partial charge in [0, 0.05) is 5.56 Å². The van der Waals surface area contributed by atoms with E-state index in [2.05, 4.69) is 5.32 Å². The number of ether oxygens (including phenoxy) is 1. The zero-order valence-corrected chi connectivity index (χ0v) is 11.2. The molecule has 0 aliphatic heterocycles. The Morgan fingerprint density at radius 1 is 1.15 bits per heavy atom. The topological polar surface area (TPSA) is 58.6 Å². The molecule has 20 heavy (non-hydrogen) atoms. The quantitative estimate of drug-likeness (QED) is 0.876. The van der Waals surface area contributed by atoms with Crippen LogP contribution in [0.25, 0.3) is 0 Å². The van der Waals surface area contributed by atoms with E-state index in [-0.39, 0.29) is 12.5 Å². The minimum Gasteiger partial charge on any atom is -0.497 e. The molecule has 2 N–H and O–H groups in total. The third-order valence-electron chi connectivity index (χ3n) is 3.04. The van der Waals surface area contributed by atoms with Crippen LogP contribution in [0.2, 0.25) is 0 Å². The number of amides is 1. The summed E-state index contributed by atoms with van der Waals surface area (Å²) in [7, 11) is 1.58. The largest absolute Gasteiger partial charge is 0.497 e. The van der Waals surface area contributed by atoms with Crippen molar-refractivity contribution >= 4 is 5.91 Å². The summed E-state index contributed by atoms with van der Waals surface area (Å²) < 4.78 is 5.05. The molecule has 0 spiro atoms. The maximum absolute atomic E-state index is 12.1. The average molecular weight is 271 g/mol. The molecule has 0 saturated heterocycles. The van der Waals surface area contributed by atoms with Crippen LogP contribution in [0.1, 0.15) is 22.0 Å². The molecular weight excluding hydrogens is 254 g/mol. The van der Waals surface area contributed by atoms with Crippen molar-refractivity contribution in [3.63, 3.8) is 0 Å². The molecule has 0 radical (unpaired) electrons. The van der Waals surface area contributed by atoms with Crippen LogP contribution < -0.4 is 10.1 Å². The molecule has 1 atom stereocenters. The van der Waals surface area contributed by atoms with Gasteiger partial charge < -0.3 is 15.2 Å². The fourth-order valence-electron chi connectivity index (χ4n) is 1.90. The molecule has 2 aromatic rings. The van der Waals surface area contributed by atoms with Gasteiger partial charge in [-0.1, -0.05) is 30.3 Å². The number of carbonyl (C=O) groups excluding carboxylic acids is 1. The van der Waals surface area contributed by atoms with E-state index in [1.165, 1.54) is 0 Å². The molecule has 104 valence electrons. The van der Waals surface area contributed by atoms with Crippen LogP contribution in [-0.4, -0.2) is 24.7 Å². The van der Waals surface area contributed by atoms with Crippen molar-refractivity contribution in [3.8, 4) is 5.75 Å². The van der Waals surface area contributed by atoms with Crippen LogP contribution in [0.3, 0.4) is 0 Å². The van der Waals surface area contributed by atoms with E-state index in [1.54, 1.807) is 31.4 Å². The lowest BCUT2D eigenvalue weighted by molar-refractivity contribution is 0.0916. The Hall–Kier alpha value is -2.33. The van der Waals surface area contributed by atoms with Gasteiger partial charge in [0.1, 0.15) is 5.75 Å². The zero-order chi connectivity index (χ0) is 14.4. The Bertz CT molecular complexity index is 552. The van der Waals surface area contributed by atoms with E-state index < -0.39 is 6.04 Å². The van der Waals surface area contributed by atoms with Gasteiger partial charge in [-0.15, -0.1) is 0 Å². The molecule has 0 aliphatic rings. The predicted molar refractivity (Wildman–Crippen MR) is 76.7 cm³/mol. The molecule has 0 aromatic heterocycles. The first-order chi connectivity index (χ1) is 9.74. The Kier molecular flexibility index (Phi) is 4.74. The summed E-state index contributed by atoms with van der Waals surface area (Å²) in [6.07, 6.45) is 0. The van der Waals surface area contributed by atoms with Crippen molar-refractivity contribution in [2.24, 2.45) is 0 Å². The first-order valence-corrected chi connectivity index (χ1v) is 6.35. The number of rotatable bonds is 5. The number of hydrogen-bond acceptors (Lipinski definition) is 3. The molecule has 1 amide bonds. The third kappa shape index (κ3) is 3.36. The highest BCUT2D eigenvalue weighted by atomic mass is 16.5. The Morgan fingerprint density at radius 2 is 1.80 bits per heavy atom. The van der Waals surface area contributed by atoms with E-state index in [0.717, 1.165) is 5.56 Å². The number of aliphatic hydroxyl groups is 1. The van der Waals surface area contributed by atoms with E-state index in [9.17, 15) is 9.90 Å². The smallest absolute Gasteiger partial charge is 0.251 e. The Labute approximate surface area is 118 Å². The van der Waals surface area contributed by atoms with Crippen LogP contribution in [0, 0.1) is 0 Å². The highest BCUT2D eigenvalue weighted by molar-refractivity contribution is 5.94. The molecule has 0 aliphatic carbocycles. The summed E-state index contributed by atoms with van der Waals surface area (Å²) in [4.78, 5) is 12.1. The number of methoxy groups -OCH3 is 1. The molecule has 0 fully saturated rings. The molecule has 0 saturated carbocycles. The Balaban J connectivity index is 2.09. The van der Waals surface area contributed by atoms with Gasteiger partial charge >= 0.3 is 0 Å². The summed E-state index contributed by atoms with van der Waals surface area (Å²) in [5.41, 5.74) is 1.40. The first-order valence-electron chi connectivity index (χ1n) is 6.35. The van der Waals surface area contributed by atoms with Crippen LogP contribution >= 0.6 is 0 Å². The van der Waals surface area contributed by atoms with Crippen molar-refractivity contribution in [1.82, 2.24) is 5.32 Å². The molecule has 4 nitrogen and oxygen atoms in total. The van der Waals surface area contributed by atoms with Crippen LogP contribution in [-0.2, 0) is 0 Å². The molecule has 4 heteroatoms. The van der Waals surface area contributed by atoms with Gasteiger partial charge in [0.05, 0.1) is 19.8 Å². The predicted octanol–water partition coefficient (Wildman–Crippen LogP) is 2.16. The summed E-state index contributed by atoms with van der Waals surface area (Å²) in [5.74, 6) is 0.471. The van der Waals surface area contributed by atoms with Crippen molar-refractivity contribution in [3.05, 3.63) is 65.7 Å². The lowest BCUT2D eigenvalue weighted by Crippen LogP contribution is -2.30. The van der Waals surface area contributed by atoms with Gasteiger partial charge in [-0.2, -0.15) is 0 Å². The molecular formula is C16H17NO3. The highest BCUT2D eigenvalue weighted by Gasteiger charge is 2.14. The van der Waals surface area contributed by atoms with Gasteiger partial charge in [-0.05, 0) is 29.8 Å². The number of nitrogens with one attached hydrogen (secondary N) is 1. The maximum Gasteiger partial charge on any atom is 0.251 e. The van der Waals surface area contributed by atoms with E-state index in [4.69, 9.17) is 4.74 Å². The van der Waals surface area contributed by atoms with Gasteiger partial charge in [0.2, 0.25) is 0 Å². The molecule has 2 aromatic carbocycles. The molecule has 2 rings (SSSR count). The lowest BCUT2D eigenvalue weighted by Gasteiger charge is -2.16. The van der Waals surface area contributed by atoms with E-state index in [1.807, 2.05) is 30.3 Å². The van der Waals surface area contributed by atoms with Crippen LogP contribution in [0.15, 0.2) is 54.6 Å². The summed E-state index contributed by atoms with van der Waals surface area (Å²) >= 11 is 0. The summed E-state index contributed by atoms with van der Waals surface area (Å²) in [6, 6.07) is 15.8. The molecule has 1 unspecified atom stereocenters. The standard InChI is InChI=1S/C16H17NO3/c1-20-14-9-7-13(8-10-14)16(19)17-15(11-18)12-5-3-2-4-6-12/h2-10,15,18H,11H2,1H3,(H,17,19). The van der Waals surface area contributed by atoms with Crippen LogP contribution in [0.5, 0.6) is 5.75 Å². The van der Waals surface area contributed by atoms with E-state index in [0.29, 0.717) is 11.3 Å². The van der Waals surface area contributed by atoms with Gasteiger partial charge in [-0.3, -0.25) is 4.79 Å². The van der Waals surface area contributed by atoms with Crippen molar-refractivity contribution in [2.75, 3.05) is 13.7 Å². The first kappa shape index (κ1) is 14.1. The minimum atomic E-state index is -0.411. The number of benzene rings is 2. The van der Waals surface area contributed by atoms with Gasteiger partial charge in [0.25, 0.3) is 5.91 Å². The minimum absolute atomic E-state index is 0.147. The number of hydrogen-bond donors (Lipinski definition) is 2. The van der Waals surface area contributed by atoms with Gasteiger partial charge in [-0.25, -0.2) is 0 Å². The zero-order valence-electron chi connectivity index (χ0n) is 11.2. The Morgan fingerprint density at radius 3 is 2.35 bits per heavy atom. The van der Waals surface area contributed by atoms with Crippen LogP contribution in [0.4, 0.5) is 0 Å². The van der Waals surface area contributed by atoms with E-state index >= 15 is 0 Å². The lowest BCUT2D eigenvalue weighted by atomic mass is 10.1. The van der Waals surface area contributed by atoms with Gasteiger partial charge in [0.15, 0.2) is 0 Å². The molecule has 0 heterocycles. The summed E-state index contributed by atoms with van der Waals surface area (Å²) in [6.45, 7) is -0.147. The fourth-order valence-corrected chi connectivity index (χ4v) is 1.90. The second-order valence-electron chi connectivity index (χ2n) is 4.35. The second kappa shape index (κ2) is 6.73. The van der Waals surface area contributed by atoms with Crippen molar-refractivity contribution < 1.29 is 14.6 Å². The normalized spacial score (nSPS) is 11.7.